The number of hydrogen-bond donors (Lipinski definition) is 0. The number of hydrogen-bond acceptors (Lipinski definition) is 3. The van der Waals surface area contributed by atoms with Crippen LogP contribution in [0.5, 0.6) is 0 Å². The number of carbonyl (C=O) groups excluding carboxylic acids is 2. The van der Waals surface area contributed by atoms with E-state index in [9.17, 15) is 14.0 Å². The fourth-order valence-corrected chi connectivity index (χ4v) is 2.29. The molecule has 0 spiro atoms. The smallest absolute Gasteiger partial charge is 0.338 e. The molecule has 5 heteroatoms. The third-order valence-electron chi connectivity index (χ3n) is 2.84. The van der Waals surface area contributed by atoms with Gasteiger partial charge in [0.15, 0.2) is 6.10 Å². The largest absolute Gasteiger partial charge is 0.451 e. The average Bonchev–Trinajstić information content (AvgIpc) is 2.47. The summed E-state index contributed by atoms with van der Waals surface area (Å²) in [6, 6.07) is 12.0. The molecule has 108 valence electrons. The van der Waals surface area contributed by atoms with E-state index in [0.717, 1.165) is 3.57 Å². The van der Waals surface area contributed by atoms with Crippen LogP contribution in [-0.4, -0.2) is 17.9 Å². The Morgan fingerprint density at radius 2 is 1.76 bits per heavy atom. The Kier molecular flexibility index (Phi) is 5.06. The van der Waals surface area contributed by atoms with Crippen LogP contribution in [0.25, 0.3) is 0 Å². The van der Waals surface area contributed by atoms with E-state index < -0.39 is 17.9 Å². The molecule has 0 amide bonds. The lowest BCUT2D eigenvalue weighted by atomic mass is 10.1. The van der Waals surface area contributed by atoms with E-state index in [-0.39, 0.29) is 5.78 Å². The van der Waals surface area contributed by atoms with Crippen molar-refractivity contribution in [2.24, 2.45) is 0 Å². The second-order valence-electron chi connectivity index (χ2n) is 4.43. The molecule has 0 saturated heterocycles. The molecule has 2 aromatic rings. The Balaban J connectivity index is 2.07. The monoisotopic (exact) mass is 398 g/mol. The van der Waals surface area contributed by atoms with Crippen molar-refractivity contribution in [3.8, 4) is 0 Å². The molecule has 0 heterocycles. The van der Waals surface area contributed by atoms with Gasteiger partial charge in [-0.2, -0.15) is 0 Å². The standard InChI is InChI=1S/C16H12FIO3/c1-10(15(19)11-5-7-13(17)8-6-11)21-16(20)12-3-2-4-14(18)9-12/h2-10H,1H3/t10-/m0/s1. The summed E-state index contributed by atoms with van der Waals surface area (Å²) in [5, 5.41) is 0. The summed E-state index contributed by atoms with van der Waals surface area (Å²) in [4.78, 5) is 24.0. The number of Topliss-reactive ketones (excluding diaryl/α,β-unsaturated/α-hetero) is 1. The molecule has 0 saturated carbocycles. The Hall–Kier alpha value is -1.76. The maximum absolute atomic E-state index is 12.8. The van der Waals surface area contributed by atoms with Crippen molar-refractivity contribution in [1.29, 1.82) is 0 Å². The zero-order valence-corrected chi connectivity index (χ0v) is 13.3. The van der Waals surface area contributed by atoms with Crippen LogP contribution in [0.3, 0.4) is 0 Å². The zero-order valence-electron chi connectivity index (χ0n) is 11.2. The van der Waals surface area contributed by atoms with Gasteiger partial charge in [-0.1, -0.05) is 6.07 Å². The van der Waals surface area contributed by atoms with Gasteiger partial charge in [0.1, 0.15) is 5.82 Å². The molecule has 0 aliphatic rings. The van der Waals surface area contributed by atoms with E-state index in [0.29, 0.717) is 11.1 Å². The van der Waals surface area contributed by atoms with Crippen LogP contribution in [0.2, 0.25) is 0 Å². The first-order chi connectivity index (χ1) is 9.97. The molecule has 0 bridgehead atoms. The fraction of sp³-hybridized carbons (Fsp3) is 0.125. The van der Waals surface area contributed by atoms with E-state index in [2.05, 4.69) is 22.6 Å². The van der Waals surface area contributed by atoms with Gasteiger partial charge in [-0.05, 0) is 72.0 Å². The summed E-state index contributed by atoms with van der Waals surface area (Å²) < 4.78 is 18.9. The molecule has 2 rings (SSSR count). The van der Waals surface area contributed by atoms with E-state index in [4.69, 9.17) is 4.74 Å². The second kappa shape index (κ2) is 6.80. The van der Waals surface area contributed by atoms with Gasteiger partial charge in [-0.15, -0.1) is 0 Å². The first-order valence-corrected chi connectivity index (χ1v) is 7.31. The van der Waals surface area contributed by atoms with Crippen LogP contribution >= 0.6 is 22.6 Å². The minimum atomic E-state index is -0.930. The number of carbonyl (C=O) groups is 2. The zero-order chi connectivity index (χ0) is 15.4. The molecule has 1 atom stereocenters. The number of ketones is 1. The first kappa shape index (κ1) is 15.6. The normalized spacial score (nSPS) is 11.8. The van der Waals surface area contributed by atoms with E-state index in [1.54, 1.807) is 18.2 Å². The van der Waals surface area contributed by atoms with Crippen LogP contribution in [0.15, 0.2) is 48.5 Å². The highest BCUT2D eigenvalue weighted by Gasteiger charge is 2.20. The minimum Gasteiger partial charge on any atom is -0.451 e. The summed E-state index contributed by atoms with van der Waals surface area (Å²) in [5.74, 6) is -1.35. The molecule has 0 aromatic heterocycles. The van der Waals surface area contributed by atoms with Gasteiger partial charge in [0, 0.05) is 9.13 Å². The number of rotatable bonds is 4. The highest BCUT2D eigenvalue weighted by molar-refractivity contribution is 14.1. The molecular weight excluding hydrogens is 386 g/mol. The number of esters is 1. The lowest BCUT2D eigenvalue weighted by Gasteiger charge is -2.12. The Morgan fingerprint density at radius 1 is 1.10 bits per heavy atom. The topological polar surface area (TPSA) is 43.4 Å². The van der Waals surface area contributed by atoms with Crippen LogP contribution in [0, 0.1) is 9.39 Å². The number of benzene rings is 2. The van der Waals surface area contributed by atoms with Gasteiger partial charge in [-0.25, -0.2) is 9.18 Å². The fourth-order valence-electron chi connectivity index (χ4n) is 1.75. The molecule has 0 fully saturated rings. The molecule has 0 N–H and O–H groups in total. The molecule has 0 aliphatic carbocycles. The molecule has 0 radical (unpaired) electrons. The van der Waals surface area contributed by atoms with Crippen LogP contribution in [0.1, 0.15) is 27.6 Å². The van der Waals surface area contributed by atoms with Gasteiger partial charge in [0.05, 0.1) is 5.56 Å². The Morgan fingerprint density at radius 3 is 2.38 bits per heavy atom. The quantitative estimate of drug-likeness (QED) is 0.447. The average molecular weight is 398 g/mol. The van der Waals surface area contributed by atoms with Gasteiger partial charge >= 0.3 is 5.97 Å². The second-order valence-corrected chi connectivity index (χ2v) is 5.67. The van der Waals surface area contributed by atoms with Gasteiger partial charge in [0.25, 0.3) is 0 Å². The third-order valence-corrected chi connectivity index (χ3v) is 3.51. The molecule has 2 aromatic carbocycles. The van der Waals surface area contributed by atoms with Crippen molar-refractivity contribution in [3.05, 3.63) is 69.0 Å². The lowest BCUT2D eigenvalue weighted by molar-refractivity contribution is 0.0318. The maximum atomic E-state index is 12.8. The van der Waals surface area contributed by atoms with E-state index >= 15 is 0 Å². The Labute approximate surface area is 135 Å². The van der Waals surface area contributed by atoms with Gasteiger partial charge in [-0.3, -0.25) is 4.79 Å². The van der Waals surface area contributed by atoms with Crippen LogP contribution in [0.4, 0.5) is 4.39 Å². The summed E-state index contributed by atoms with van der Waals surface area (Å²) in [6.07, 6.45) is -0.930. The van der Waals surface area contributed by atoms with Crippen molar-refractivity contribution in [1.82, 2.24) is 0 Å². The molecule has 3 nitrogen and oxygen atoms in total. The Bertz CT molecular complexity index is 667. The highest BCUT2D eigenvalue weighted by Crippen LogP contribution is 2.12. The molecule has 0 aliphatic heterocycles. The van der Waals surface area contributed by atoms with E-state index in [1.165, 1.54) is 31.2 Å². The molecule has 0 unspecified atom stereocenters. The SMILES string of the molecule is C[C@H](OC(=O)c1cccc(I)c1)C(=O)c1ccc(F)cc1. The summed E-state index contributed by atoms with van der Waals surface area (Å²) in [5.41, 5.74) is 0.694. The summed E-state index contributed by atoms with van der Waals surface area (Å²) >= 11 is 2.09. The molecular formula is C16H12FIO3. The number of ether oxygens (including phenoxy) is 1. The van der Waals surface area contributed by atoms with Crippen molar-refractivity contribution in [2.45, 2.75) is 13.0 Å². The summed E-state index contributed by atoms with van der Waals surface area (Å²) in [6.45, 7) is 1.50. The van der Waals surface area contributed by atoms with Crippen molar-refractivity contribution in [2.75, 3.05) is 0 Å². The third kappa shape index (κ3) is 4.10. The van der Waals surface area contributed by atoms with Crippen molar-refractivity contribution >= 4 is 34.3 Å². The predicted octanol–water partition coefficient (Wildman–Crippen LogP) is 3.86. The minimum absolute atomic E-state index is 0.305. The van der Waals surface area contributed by atoms with E-state index in [1.807, 2.05) is 6.07 Å². The van der Waals surface area contributed by atoms with Gasteiger partial charge in [0.2, 0.25) is 5.78 Å². The van der Waals surface area contributed by atoms with Crippen LogP contribution in [-0.2, 0) is 4.74 Å². The van der Waals surface area contributed by atoms with Gasteiger partial charge < -0.3 is 4.74 Å². The van der Waals surface area contributed by atoms with Crippen molar-refractivity contribution < 1.29 is 18.7 Å². The lowest BCUT2D eigenvalue weighted by Crippen LogP contribution is -2.24. The van der Waals surface area contributed by atoms with Crippen LogP contribution < -0.4 is 0 Å². The predicted molar refractivity (Wildman–Crippen MR) is 84.8 cm³/mol. The number of halogens is 2. The summed E-state index contributed by atoms with van der Waals surface area (Å²) in [7, 11) is 0. The molecule has 21 heavy (non-hydrogen) atoms. The first-order valence-electron chi connectivity index (χ1n) is 6.23. The maximum Gasteiger partial charge on any atom is 0.338 e. The van der Waals surface area contributed by atoms with Crippen molar-refractivity contribution in [3.63, 3.8) is 0 Å². The highest BCUT2D eigenvalue weighted by atomic mass is 127.